The van der Waals surface area contributed by atoms with Crippen LogP contribution < -0.4 is 0 Å². The Morgan fingerprint density at radius 3 is 1.85 bits per heavy atom. The van der Waals surface area contributed by atoms with Crippen molar-refractivity contribution in [3.8, 4) is 0 Å². The summed E-state index contributed by atoms with van der Waals surface area (Å²) in [6, 6.07) is 7.83. The Kier molecular flexibility index (Phi) is 3.68. The molecule has 0 atom stereocenters. The second kappa shape index (κ2) is 5.97. The monoisotopic (exact) mass is 263 g/mol. The van der Waals surface area contributed by atoms with Crippen molar-refractivity contribution < 1.29 is 0 Å². The zero-order chi connectivity index (χ0) is 13.6. The summed E-state index contributed by atoms with van der Waals surface area (Å²) in [4.78, 5) is 12.3. The van der Waals surface area contributed by atoms with Gasteiger partial charge in [-0.05, 0) is 35.4 Å². The van der Waals surface area contributed by atoms with Gasteiger partial charge in [0.05, 0.1) is 11.9 Å². The lowest BCUT2D eigenvalue weighted by molar-refractivity contribution is 0.820. The molecule has 3 aromatic rings. The van der Waals surface area contributed by atoms with E-state index in [1.165, 1.54) is 0 Å². The van der Waals surface area contributed by atoms with E-state index in [0.717, 1.165) is 29.1 Å². The summed E-state index contributed by atoms with van der Waals surface area (Å²) in [5, 5.41) is 8.39. The van der Waals surface area contributed by atoms with Crippen molar-refractivity contribution in [1.82, 2.24) is 25.1 Å². The van der Waals surface area contributed by atoms with Crippen LogP contribution in [0.2, 0.25) is 0 Å². The predicted octanol–water partition coefficient (Wildman–Crippen LogP) is 1.84. The van der Waals surface area contributed by atoms with E-state index < -0.39 is 0 Å². The molecule has 0 aliphatic heterocycles. The summed E-state index contributed by atoms with van der Waals surface area (Å²) in [5.74, 6) is 0.717. The Hall–Kier alpha value is -2.69. The number of nitrogens with zero attached hydrogens (tertiary/aromatic N) is 5. The minimum Gasteiger partial charge on any atom is -0.265 e. The minimum absolute atomic E-state index is 0.672. The summed E-state index contributed by atoms with van der Waals surface area (Å²) in [6.45, 7) is 0. The van der Waals surface area contributed by atoms with E-state index in [9.17, 15) is 0 Å². The molecule has 20 heavy (non-hydrogen) atoms. The first-order valence-corrected chi connectivity index (χ1v) is 6.35. The highest BCUT2D eigenvalue weighted by Gasteiger charge is 2.02. The predicted molar refractivity (Wildman–Crippen MR) is 73.9 cm³/mol. The Morgan fingerprint density at radius 1 is 0.700 bits per heavy atom. The molecule has 0 aromatic carbocycles. The third kappa shape index (κ3) is 3.20. The van der Waals surface area contributed by atoms with Gasteiger partial charge in [0.2, 0.25) is 0 Å². The maximum absolute atomic E-state index is 4.36. The highest BCUT2D eigenvalue weighted by Crippen LogP contribution is 2.06. The van der Waals surface area contributed by atoms with E-state index in [1.54, 1.807) is 31.0 Å². The van der Waals surface area contributed by atoms with Crippen molar-refractivity contribution in [3.05, 3.63) is 77.9 Å². The van der Waals surface area contributed by atoms with Crippen LogP contribution in [0.1, 0.15) is 22.6 Å². The Morgan fingerprint density at radius 2 is 1.30 bits per heavy atom. The zero-order valence-electron chi connectivity index (χ0n) is 10.8. The Labute approximate surface area is 116 Å². The quantitative estimate of drug-likeness (QED) is 0.718. The fourth-order valence-corrected chi connectivity index (χ4v) is 1.88. The first kappa shape index (κ1) is 12.3. The number of pyridine rings is 2. The summed E-state index contributed by atoms with van der Waals surface area (Å²) in [7, 11) is 0. The second-order valence-corrected chi connectivity index (χ2v) is 4.43. The molecule has 98 valence electrons. The second-order valence-electron chi connectivity index (χ2n) is 4.43. The van der Waals surface area contributed by atoms with Crippen LogP contribution in [0.3, 0.4) is 0 Å². The van der Waals surface area contributed by atoms with E-state index >= 15 is 0 Å². The van der Waals surface area contributed by atoms with Crippen LogP contribution >= 0.6 is 0 Å². The number of hydrogen-bond donors (Lipinski definition) is 0. The average Bonchev–Trinajstić information content (AvgIpc) is 2.51. The van der Waals surface area contributed by atoms with Gasteiger partial charge in [-0.25, -0.2) is 4.98 Å². The van der Waals surface area contributed by atoms with Crippen LogP contribution in [0, 0.1) is 0 Å². The summed E-state index contributed by atoms with van der Waals surface area (Å²) in [5.41, 5.74) is 3.14. The summed E-state index contributed by atoms with van der Waals surface area (Å²) in [6.07, 6.45) is 10.2. The van der Waals surface area contributed by atoms with Gasteiger partial charge in [0.1, 0.15) is 0 Å². The summed E-state index contributed by atoms with van der Waals surface area (Å²) < 4.78 is 0. The maximum atomic E-state index is 4.36. The van der Waals surface area contributed by atoms with Crippen LogP contribution in [0.15, 0.2) is 55.2 Å². The molecule has 5 nitrogen and oxygen atoms in total. The average molecular weight is 263 g/mol. The third-order valence-electron chi connectivity index (χ3n) is 2.90. The smallest absolute Gasteiger partial charge is 0.155 e. The van der Waals surface area contributed by atoms with Crippen molar-refractivity contribution in [2.24, 2.45) is 0 Å². The molecule has 0 aliphatic carbocycles. The molecule has 0 amide bonds. The Bertz CT molecular complexity index is 592. The molecular formula is C15H13N5. The van der Waals surface area contributed by atoms with Gasteiger partial charge >= 0.3 is 0 Å². The highest BCUT2D eigenvalue weighted by molar-refractivity contribution is 5.18. The fourth-order valence-electron chi connectivity index (χ4n) is 1.88. The molecule has 0 N–H and O–H groups in total. The zero-order valence-corrected chi connectivity index (χ0v) is 10.8. The van der Waals surface area contributed by atoms with Crippen LogP contribution in [0.25, 0.3) is 0 Å². The van der Waals surface area contributed by atoms with Crippen LogP contribution in [-0.2, 0) is 12.8 Å². The molecule has 0 unspecified atom stereocenters. The molecule has 0 saturated heterocycles. The number of aromatic nitrogens is 5. The van der Waals surface area contributed by atoms with Gasteiger partial charge in [0, 0.05) is 37.6 Å². The molecule has 3 aromatic heterocycles. The van der Waals surface area contributed by atoms with Gasteiger partial charge in [-0.3, -0.25) is 9.97 Å². The van der Waals surface area contributed by atoms with Crippen molar-refractivity contribution >= 4 is 0 Å². The minimum atomic E-state index is 0.672. The van der Waals surface area contributed by atoms with Crippen molar-refractivity contribution in [1.29, 1.82) is 0 Å². The molecular weight excluding hydrogens is 250 g/mol. The lowest BCUT2D eigenvalue weighted by atomic mass is 10.1. The normalized spacial score (nSPS) is 10.4. The molecule has 3 rings (SSSR count). The number of rotatable bonds is 4. The molecule has 3 heterocycles. The molecule has 0 radical (unpaired) electrons. The van der Waals surface area contributed by atoms with E-state index in [4.69, 9.17) is 0 Å². The van der Waals surface area contributed by atoms with Gasteiger partial charge < -0.3 is 0 Å². The standard InChI is InChI=1S/C15H13N5/c1-5-16-6-2-12(1)9-14-11-18-15(20-19-14)10-13-3-7-17-8-4-13/h1-8,11H,9-10H2. The topological polar surface area (TPSA) is 64.5 Å². The van der Waals surface area contributed by atoms with Crippen LogP contribution in [0.4, 0.5) is 0 Å². The molecule has 0 aliphatic rings. The lowest BCUT2D eigenvalue weighted by Gasteiger charge is -2.02. The molecule has 0 saturated carbocycles. The lowest BCUT2D eigenvalue weighted by Crippen LogP contribution is -2.02. The third-order valence-corrected chi connectivity index (χ3v) is 2.90. The number of hydrogen-bond acceptors (Lipinski definition) is 5. The van der Waals surface area contributed by atoms with E-state index in [1.807, 2.05) is 24.3 Å². The molecule has 0 spiro atoms. The van der Waals surface area contributed by atoms with Gasteiger partial charge in [-0.1, -0.05) is 0 Å². The highest BCUT2D eigenvalue weighted by atomic mass is 15.1. The fraction of sp³-hybridized carbons (Fsp3) is 0.133. The molecule has 5 heteroatoms. The maximum Gasteiger partial charge on any atom is 0.155 e. The van der Waals surface area contributed by atoms with Gasteiger partial charge in [-0.2, -0.15) is 5.10 Å². The van der Waals surface area contributed by atoms with Crippen LogP contribution in [-0.4, -0.2) is 25.1 Å². The molecule has 0 fully saturated rings. The van der Waals surface area contributed by atoms with E-state index in [-0.39, 0.29) is 0 Å². The first-order valence-electron chi connectivity index (χ1n) is 6.35. The van der Waals surface area contributed by atoms with Gasteiger partial charge in [-0.15, -0.1) is 5.10 Å². The van der Waals surface area contributed by atoms with Crippen molar-refractivity contribution in [3.63, 3.8) is 0 Å². The Balaban J connectivity index is 1.69. The summed E-state index contributed by atoms with van der Waals surface area (Å²) >= 11 is 0. The van der Waals surface area contributed by atoms with Crippen LogP contribution in [0.5, 0.6) is 0 Å². The van der Waals surface area contributed by atoms with Gasteiger partial charge in [0.15, 0.2) is 5.82 Å². The van der Waals surface area contributed by atoms with Crippen molar-refractivity contribution in [2.75, 3.05) is 0 Å². The van der Waals surface area contributed by atoms with Crippen molar-refractivity contribution in [2.45, 2.75) is 12.8 Å². The largest absolute Gasteiger partial charge is 0.265 e. The molecule has 0 bridgehead atoms. The van der Waals surface area contributed by atoms with E-state index in [2.05, 4.69) is 25.1 Å². The first-order chi connectivity index (χ1) is 9.90. The van der Waals surface area contributed by atoms with Gasteiger partial charge in [0.25, 0.3) is 0 Å². The van der Waals surface area contributed by atoms with E-state index in [0.29, 0.717) is 6.42 Å². The SMILES string of the molecule is c1cc(Cc2cnc(Cc3ccncc3)nn2)ccn1.